The second-order valence-corrected chi connectivity index (χ2v) is 5.40. The number of para-hydroxylation sites is 2. The van der Waals surface area contributed by atoms with Crippen LogP contribution < -0.4 is 5.73 Å². The highest BCUT2D eigenvalue weighted by molar-refractivity contribution is 5.75. The van der Waals surface area contributed by atoms with Gasteiger partial charge in [0.25, 0.3) is 0 Å². The predicted octanol–water partition coefficient (Wildman–Crippen LogP) is 2.62. The van der Waals surface area contributed by atoms with Crippen LogP contribution in [-0.4, -0.2) is 34.6 Å². The maximum atomic E-state index is 5.66. The molecule has 2 N–H and O–H groups in total. The molecule has 2 aromatic rings. The zero-order chi connectivity index (χ0) is 14.4. The number of unbranched alkanes of at least 4 members (excludes halogenated alkanes) is 1. The fourth-order valence-corrected chi connectivity index (χ4v) is 2.49. The number of aryl methyl sites for hydroxylation is 1. The number of rotatable bonds is 8. The maximum Gasteiger partial charge on any atom is 0.124 e. The number of fused-ring (bicyclic) bond motifs is 1. The van der Waals surface area contributed by atoms with E-state index in [1.54, 1.807) is 0 Å². The zero-order valence-corrected chi connectivity index (χ0v) is 12.7. The van der Waals surface area contributed by atoms with Crippen LogP contribution in [0, 0.1) is 0 Å². The highest BCUT2D eigenvalue weighted by Gasteiger charge is 2.11. The summed E-state index contributed by atoms with van der Waals surface area (Å²) in [4.78, 5) is 7.14. The van der Waals surface area contributed by atoms with Gasteiger partial charge in [-0.05, 0) is 45.1 Å². The molecular formula is C16H26N4. The number of benzene rings is 1. The molecule has 0 saturated carbocycles. The topological polar surface area (TPSA) is 47.1 Å². The van der Waals surface area contributed by atoms with Gasteiger partial charge in [0.2, 0.25) is 0 Å². The molecule has 0 spiro atoms. The van der Waals surface area contributed by atoms with Gasteiger partial charge in [-0.25, -0.2) is 4.98 Å². The van der Waals surface area contributed by atoms with Crippen molar-refractivity contribution in [3.63, 3.8) is 0 Å². The van der Waals surface area contributed by atoms with Crippen LogP contribution in [0.5, 0.6) is 0 Å². The van der Waals surface area contributed by atoms with Crippen molar-refractivity contribution in [1.82, 2.24) is 14.5 Å². The van der Waals surface area contributed by atoms with Crippen LogP contribution in [0.25, 0.3) is 11.0 Å². The molecule has 20 heavy (non-hydrogen) atoms. The number of nitrogens with two attached hydrogens (primary N) is 1. The molecule has 0 aliphatic heterocycles. The Kier molecular flexibility index (Phi) is 5.56. The number of imidazole rings is 1. The molecule has 0 aliphatic rings. The van der Waals surface area contributed by atoms with E-state index in [2.05, 4.69) is 41.6 Å². The van der Waals surface area contributed by atoms with Gasteiger partial charge in [-0.3, -0.25) is 4.90 Å². The first-order chi connectivity index (χ1) is 9.76. The van der Waals surface area contributed by atoms with Crippen LogP contribution in [0.1, 0.15) is 32.0 Å². The van der Waals surface area contributed by atoms with E-state index in [0.29, 0.717) is 0 Å². The van der Waals surface area contributed by atoms with Gasteiger partial charge in [0, 0.05) is 6.54 Å². The Bertz CT molecular complexity index is 532. The van der Waals surface area contributed by atoms with E-state index in [1.807, 2.05) is 6.07 Å². The summed E-state index contributed by atoms with van der Waals surface area (Å²) in [5, 5.41) is 0. The van der Waals surface area contributed by atoms with E-state index < -0.39 is 0 Å². The Hall–Kier alpha value is -1.39. The summed E-state index contributed by atoms with van der Waals surface area (Å²) in [5.74, 6) is 1.15. The molecule has 110 valence electrons. The minimum absolute atomic E-state index is 0.720. The van der Waals surface area contributed by atoms with E-state index in [4.69, 9.17) is 10.7 Å². The quantitative estimate of drug-likeness (QED) is 0.805. The fraction of sp³-hybridized carbons (Fsp3) is 0.562. The summed E-state index contributed by atoms with van der Waals surface area (Å²) in [6.45, 7) is 5.92. The Morgan fingerprint density at radius 3 is 2.80 bits per heavy atom. The molecule has 1 heterocycles. The van der Waals surface area contributed by atoms with E-state index in [-0.39, 0.29) is 0 Å². The Morgan fingerprint density at radius 2 is 2.05 bits per heavy atom. The Morgan fingerprint density at radius 1 is 1.25 bits per heavy atom. The Balaban J connectivity index is 2.21. The average Bonchev–Trinajstić information content (AvgIpc) is 2.80. The van der Waals surface area contributed by atoms with Crippen LogP contribution in [0.15, 0.2) is 24.3 Å². The first-order valence-electron chi connectivity index (χ1n) is 7.59. The van der Waals surface area contributed by atoms with Crippen molar-refractivity contribution >= 4 is 11.0 Å². The van der Waals surface area contributed by atoms with Crippen LogP contribution >= 0.6 is 0 Å². The van der Waals surface area contributed by atoms with Crippen molar-refractivity contribution in [2.45, 2.75) is 39.3 Å². The lowest BCUT2D eigenvalue weighted by Crippen LogP contribution is -2.22. The summed E-state index contributed by atoms with van der Waals surface area (Å²) < 4.78 is 2.32. The van der Waals surface area contributed by atoms with Crippen molar-refractivity contribution in [2.24, 2.45) is 5.73 Å². The van der Waals surface area contributed by atoms with Crippen LogP contribution in [0.4, 0.5) is 0 Å². The normalized spacial score (nSPS) is 11.6. The smallest absolute Gasteiger partial charge is 0.124 e. The predicted molar refractivity (Wildman–Crippen MR) is 84.6 cm³/mol. The van der Waals surface area contributed by atoms with Crippen molar-refractivity contribution in [3.05, 3.63) is 30.1 Å². The van der Waals surface area contributed by atoms with E-state index in [9.17, 15) is 0 Å². The van der Waals surface area contributed by atoms with Gasteiger partial charge < -0.3 is 10.3 Å². The van der Waals surface area contributed by atoms with Crippen molar-refractivity contribution in [3.8, 4) is 0 Å². The molecule has 0 atom stereocenters. The molecule has 0 saturated heterocycles. The van der Waals surface area contributed by atoms with Crippen molar-refractivity contribution in [1.29, 1.82) is 0 Å². The van der Waals surface area contributed by atoms with Gasteiger partial charge in [0.1, 0.15) is 5.82 Å². The van der Waals surface area contributed by atoms with Crippen molar-refractivity contribution in [2.75, 3.05) is 20.1 Å². The Labute approximate surface area is 121 Å². The highest BCUT2D eigenvalue weighted by Crippen LogP contribution is 2.17. The van der Waals surface area contributed by atoms with Gasteiger partial charge in [0.15, 0.2) is 0 Å². The number of aromatic nitrogens is 2. The molecule has 0 unspecified atom stereocenters. The summed E-state index contributed by atoms with van der Waals surface area (Å²) in [6, 6.07) is 8.36. The summed E-state index contributed by atoms with van der Waals surface area (Å²) in [6.07, 6.45) is 3.46. The zero-order valence-electron chi connectivity index (χ0n) is 12.7. The molecule has 0 aliphatic carbocycles. The first kappa shape index (κ1) is 15.0. The second-order valence-electron chi connectivity index (χ2n) is 5.40. The van der Waals surface area contributed by atoms with E-state index in [0.717, 1.165) is 43.9 Å². The maximum absolute atomic E-state index is 5.66. The molecule has 4 heteroatoms. The first-order valence-corrected chi connectivity index (χ1v) is 7.59. The van der Waals surface area contributed by atoms with Crippen molar-refractivity contribution < 1.29 is 0 Å². The third-order valence-electron chi connectivity index (χ3n) is 3.62. The lowest BCUT2D eigenvalue weighted by Gasteiger charge is -2.17. The SMILES string of the molecule is CCCCN(C)Cc1nc2ccccc2n1CCCN. The molecule has 0 fully saturated rings. The number of hydrogen-bond acceptors (Lipinski definition) is 3. The minimum Gasteiger partial charge on any atom is -0.330 e. The third kappa shape index (κ3) is 3.58. The third-order valence-corrected chi connectivity index (χ3v) is 3.62. The lowest BCUT2D eigenvalue weighted by molar-refractivity contribution is 0.307. The van der Waals surface area contributed by atoms with E-state index >= 15 is 0 Å². The minimum atomic E-state index is 0.720. The molecule has 0 radical (unpaired) electrons. The summed E-state index contributed by atoms with van der Waals surface area (Å²) in [7, 11) is 2.17. The number of hydrogen-bond donors (Lipinski definition) is 1. The molecule has 1 aromatic heterocycles. The number of nitrogens with zero attached hydrogens (tertiary/aromatic N) is 3. The summed E-state index contributed by atoms with van der Waals surface area (Å²) in [5.41, 5.74) is 7.97. The molecule has 2 rings (SSSR count). The van der Waals surface area contributed by atoms with Crippen LogP contribution in [0.3, 0.4) is 0 Å². The van der Waals surface area contributed by atoms with E-state index in [1.165, 1.54) is 18.4 Å². The fourth-order valence-electron chi connectivity index (χ4n) is 2.49. The molecule has 0 bridgehead atoms. The van der Waals surface area contributed by atoms with Crippen LogP contribution in [0.2, 0.25) is 0 Å². The lowest BCUT2D eigenvalue weighted by atomic mass is 10.3. The van der Waals surface area contributed by atoms with Gasteiger partial charge >= 0.3 is 0 Å². The molecule has 1 aromatic carbocycles. The molecule has 4 nitrogen and oxygen atoms in total. The standard InChI is InChI=1S/C16H26N4/c1-3-4-11-19(2)13-16-18-14-8-5-6-9-15(14)20(16)12-7-10-17/h5-6,8-9H,3-4,7,10-13,17H2,1-2H3. The highest BCUT2D eigenvalue weighted by atomic mass is 15.2. The monoisotopic (exact) mass is 274 g/mol. The van der Waals surface area contributed by atoms with Gasteiger partial charge in [-0.2, -0.15) is 0 Å². The molecular weight excluding hydrogens is 248 g/mol. The largest absolute Gasteiger partial charge is 0.330 e. The van der Waals surface area contributed by atoms with Gasteiger partial charge in [0.05, 0.1) is 17.6 Å². The van der Waals surface area contributed by atoms with Gasteiger partial charge in [-0.15, -0.1) is 0 Å². The molecule has 0 amide bonds. The van der Waals surface area contributed by atoms with Gasteiger partial charge in [-0.1, -0.05) is 25.5 Å². The second kappa shape index (κ2) is 7.41. The summed E-state index contributed by atoms with van der Waals surface area (Å²) >= 11 is 0. The van der Waals surface area contributed by atoms with Crippen LogP contribution in [-0.2, 0) is 13.1 Å². The average molecular weight is 274 g/mol.